The number of Topliss-reactive ketones (excluding diaryl/α,β-unsaturated/α-hetero) is 1. The van der Waals surface area contributed by atoms with Crippen LogP contribution in [0.2, 0.25) is 0 Å². The standard InChI is InChI=1S/C41H47NO11/c1-3-50-40(48)39-29(19-45)34-25-8-9-32(47)27(15-25)26-14-24-10-12-42-31(24)16-23(26)7-6-22(18-44)21-51-37-28-17-33(41(2,49)11-4-5-13-43)52-36(28)30(20-46)38(53-39)35(34)37/h10,14,16,19,22,27,33,43-44,46,49H,3-9,11-13,15,17-18,20-21H2,1-2H3/t22-,27+,33+,41+/m1/s1. The van der Waals surface area contributed by atoms with Gasteiger partial charge in [0.25, 0.3) is 0 Å². The molecule has 1 saturated carbocycles. The molecule has 1 aliphatic carbocycles. The van der Waals surface area contributed by atoms with E-state index in [0.717, 1.165) is 27.3 Å². The number of aryl methyl sites for hydroxylation is 1. The van der Waals surface area contributed by atoms with E-state index in [4.69, 9.17) is 18.9 Å². The van der Waals surface area contributed by atoms with Gasteiger partial charge in [0.2, 0.25) is 5.76 Å². The molecule has 4 atom stereocenters. The zero-order chi connectivity index (χ0) is 37.4. The third-order valence-corrected chi connectivity index (χ3v) is 11.3. The Kier molecular flexibility index (Phi) is 10.6. The van der Waals surface area contributed by atoms with E-state index in [9.17, 15) is 34.8 Å². The summed E-state index contributed by atoms with van der Waals surface area (Å²) in [6.45, 7) is 3.19. The molecule has 7 rings (SSSR count). The number of unbranched alkanes of at least 4 members (excludes halogenated alkanes) is 1. The third kappa shape index (κ3) is 6.71. The molecular formula is C41H47NO11. The highest BCUT2D eigenvalue weighted by Crippen LogP contribution is 2.57. The first kappa shape index (κ1) is 37.0. The summed E-state index contributed by atoms with van der Waals surface area (Å²) in [7, 11) is 0. The number of ketones is 1. The minimum atomic E-state index is -1.33. The highest BCUT2D eigenvalue weighted by Gasteiger charge is 2.46. The third-order valence-electron chi connectivity index (χ3n) is 11.3. The molecule has 12 nitrogen and oxygen atoms in total. The van der Waals surface area contributed by atoms with Crippen molar-refractivity contribution in [2.75, 3.05) is 33.0 Å². The van der Waals surface area contributed by atoms with Crippen LogP contribution in [0.25, 0.3) is 11.6 Å². The Morgan fingerprint density at radius 3 is 2.66 bits per heavy atom. The van der Waals surface area contributed by atoms with E-state index in [1.807, 2.05) is 18.2 Å². The normalized spacial score (nSPS) is 22.8. The second-order valence-corrected chi connectivity index (χ2v) is 14.8. The summed E-state index contributed by atoms with van der Waals surface area (Å²) in [6, 6.07) is 4.09. The molecule has 0 saturated heterocycles. The predicted octanol–water partition coefficient (Wildman–Crippen LogP) is 2.44. The molecule has 5 aliphatic rings. The first-order valence-corrected chi connectivity index (χ1v) is 18.7. The van der Waals surface area contributed by atoms with Gasteiger partial charge in [-0.15, -0.1) is 0 Å². The van der Waals surface area contributed by atoms with E-state index in [1.165, 1.54) is 0 Å². The zero-order valence-corrected chi connectivity index (χ0v) is 30.2. The molecule has 2 aromatic rings. The number of nitrogens with zero attached hydrogens (tertiary/aromatic N) is 1. The minimum Gasteiger partial charge on any atom is -0.492 e. The van der Waals surface area contributed by atoms with Gasteiger partial charge in [-0.2, -0.15) is 0 Å². The Labute approximate surface area is 307 Å². The first-order valence-electron chi connectivity index (χ1n) is 18.7. The van der Waals surface area contributed by atoms with Gasteiger partial charge in [0.1, 0.15) is 29.1 Å². The van der Waals surface area contributed by atoms with Gasteiger partial charge >= 0.3 is 5.97 Å². The molecule has 1 fully saturated rings. The molecule has 4 aliphatic heterocycles. The molecule has 4 heterocycles. The number of allylic oxidation sites excluding steroid dienone is 3. The maximum absolute atomic E-state index is 13.9. The number of aliphatic hydroxyl groups excluding tert-OH is 3. The summed E-state index contributed by atoms with van der Waals surface area (Å²) < 4.78 is 24.8. The van der Waals surface area contributed by atoms with Crippen molar-refractivity contribution in [3.63, 3.8) is 0 Å². The number of rotatable bonds is 10. The van der Waals surface area contributed by atoms with E-state index in [1.54, 1.807) is 13.8 Å². The van der Waals surface area contributed by atoms with Gasteiger partial charge in [0.15, 0.2) is 6.29 Å². The summed E-state index contributed by atoms with van der Waals surface area (Å²) in [5.41, 5.74) is 2.74. The van der Waals surface area contributed by atoms with Crippen LogP contribution in [0.5, 0.6) is 17.2 Å². The highest BCUT2D eigenvalue weighted by molar-refractivity contribution is 6.11. The predicted molar refractivity (Wildman–Crippen MR) is 192 cm³/mol. The molecule has 4 N–H and O–H groups in total. The summed E-state index contributed by atoms with van der Waals surface area (Å²) in [6.07, 6.45) is 5.29. The molecule has 2 aromatic carbocycles. The minimum absolute atomic E-state index is 0.00942. The Morgan fingerprint density at radius 2 is 1.92 bits per heavy atom. The molecule has 282 valence electrons. The van der Waals surface area contributed by atoms with Gasteiger partial charge in [-0.1, -0.05) is 11.6 Å². The number of carbonyl (C=O) groups excluding carboxylic acids is 3. The van der Waals surface area contributed by atoms with Crippen LogP contribution in [0.15, 0.2) is 34.0 Å². The van der Waals surface area contributed by atoms with Gasteiger partial charge < -0.3 is 39.4 Å². The Hall–Kier alpha value is -4.36. The van der Waals surface area contributed by atoms with Crippen molar-refractivity contribution in [2.45, 2.75) is 95.9 Å². The van der Waals surface area contributed by atoms with Crippen molar-refractivity contribution >= 4 is 29.7 Å². The van der Waals surface area contributed by atoms with Crippen molar-refractivity contribution in [3.05, 3.63) is 67.4 Å². The van der Waals surface area contributed by atoms with E-state index >= 15 is 0 Å². The van der Waals surface area contributed by atoms with Gasteiger partial charge in [0, 0.05) is 49.0 Å². The summed E-state index contributed by atoms with van der Waals surface area (Å²) in [4.78, 5) is 45.3. The average molecular weight is 730 g/mol. The summed E-state index contributed by atoms with van der Waals surface area (Å²) in [5, 5.41) is 44.4. The fourth-order valence-electron chi connectivity index (χ4n) is 8.43. The first-order chi connectivity index (χ1) is 25.6. The maximum atomic E-state index is 13.9. The number of aliphatic hydroxyl groups is 4. The van der Waals surface area contributed by atoms with Crippen molar-refractivity contribution in [1.82, 2.24) is 0 Å². The molecule has 0 spiro atoms. The van der Waals surface area contributed by atoms with Crippen LogP contribution in [-0.2, 0) is 38.6 Å². The van der Waals surface area contributed by atoms with Crippen molar-refractivity contribution in [2.24, 2.45) is 10.9 Å². The van der Waals surface area contributed by atoms with E-state index in [2.05, 4.69) is 4.99 Å². The lowest BCUT2D eigenvalue weighted by atomic mass is 9.74. The topological polar surface area (TPSA) is 181 Å². The van der Waals surface area contributed by atoms with Crippen molar-refractivity contribution in [1.29, 1.82) is 0 Å². The van der Waals surface area contributed by atoms with Crippen molar-refractivity contribution < 1.29 is 53.8 Å². The molecule has 0 amide bonds. The Bertz CT molecular complexity index is 2030. The second-order valence-electron chi connectivity index (χ2n) is 14.8. The van der Waals surface area contributed by atoms with Crippen LogP contribution in [0, 0.1) is 5.92 Å². The summed E-state index contributed by atoms with van der Waals surface area (Å²) in [5.74, 6) is -1.40. The fourth-order valence-corrected chi connectivity index (χ4v) is 8.43. The maximum Gasteiger partial charge on any atom is 0.375 e. The smallest absolute Gasteiger partial charge is 0.375 e. The van der Waals surface area contributed by atoms with Crippen LogP contribution < -0.4 is 24.8 Å². The van der Waals surface area contributed by atoms with E-state index in [-0.39, 0.29) is 85.8 Å². The molecule has 0 unspecified atom stereocenters. The molecule has 12 heteroatoms. The molecule has 0 aromatic heterocycles. The second kappa shape index (κ2) is 15.2. The molecule has 0 radical (unpaired) electrons. The molecule has 53 heavy (non-hydrogen) atoms. The van der Waals surface area contributed by atoms with Crippen LogP contribution in [-0.4, -0.2) is 83.1 Å². The van der Waals surface area contributed by atoms with Crippen LogP contribution >= 0.6 is 0 Å². The van der Waals surface area contributed by atoms with Gasteiger partial charge in [-0.3, -0.25) is 14.6 Å². The number of esters is 1. The van der Waals surface area contributed by atoms with Gasteiger partial charge in [-0.05, 0) is 87.3 Å². The van der Waals surface area contributed by atoms with E-state index in [0.29, 0.717) is 73.8 Å². The largest absolute Gasteiger partial charge is 0.492 e. The van der Waals surface area contributed by atoms with E-state index < -0.39 is 30.2 Å². The number of hydrogen-bond donors (Lipinski definition) is 4. The van der Waals surface area contributed by atoms with Gasteiger partial charge in [-0.25, -0.2) is 4.79 Å². The van der Waals surface area contributed by atoms with Crippen LogP contribution in [0.4, 0.5) is 0 Å². The fraction of sp³-hybridized carbons (Fsp3) is 0.512. The summed E-state index contributed by atoms with van der Waals surface area (Å²) >= 11 is 0. The molecule has 2 bridgehead atoms. The molecular weight excluding hydrogens is 682 g/mol. The quantitative estimate of drug-likeness (QED) is 0.160. The van der Waals surface area contributed by atoms with Crippen LogP contribution in [0.3, 0.4) is 0 Å². The van der Waals surface area contributed by atoms with Crippen LogP contribution in [0.1, 0.15) is 92.5 Å². The lowest BCUT2D eigenvalue weighted by Crippen LogP contribution is -2.42. The van der Waals surface area contributed by atoms with Gasteiger partial charge in [0.05, 0.1) is 54.0 Å². The lowest BCUT2D eigenvalue weighted by molar-refractivity contribution is -0.141. The SMILES string of the molecule is CCOC(=O)C1=C(C=O)C2=C3CCC(=O)[C@@H](C3)c3cc4c(cc3CC[C@H](CO)COc3c5c(c(CO)c(c32)O1)O[C@H]([C@@](C)(O)CCCCO)C5)=NCC=4. The number of carbonyl (C=O) groups is 3. The monoisotopic (exact) mass is 729 g/mol. The number of fused-ring (bicyclic) bond motifs is 7. The number of benzene rings is 2. The van der Waals surface area contributed by atoms with Crippen molar-refractivity contribution in [3.8, 4) is 17.2 Å². The number of hydrogen-bond acceptors (Lipinski definition) is 12. The number of aldehydes is 1. The Balaban J connectivity index is 1.49. The lowest BCUT2D eigenvalue weighted by Gasteiger charge is -2.32. The Morgan fingerprint density at radius 1 is 1.09 bits per heavy atom. The highest BCUT2D eigenvalue weighted by atomic mass is 16.6. The zero-order valence-electron chi connectivity index (χ0n) is 30.2. The number of ether oxygens (including phenoxy) is 4. The average Bonchev–Trinajstić information content (AvgIpc) is 3.81.